The Hall–Kier alpha value is -2.33. The van der Waals surface area contributed by atoms with E-state index in [1.807, 2.05) is 53.4 Å². The van der Waals surface area contributed by atoms with Gasteiger partial charge in [-0.25, -0.2) is 0 Å². The Morgan fingerprint density at radius 1 is 1.00 bits per heavy atom. The molecule has 4 rings (SSSR count). The molecule has 1 amide bonds. The summed E-state index contributed by atoms with van der Waals surface area (Å²) < 4.78 is 6.06. The summed E-state index contributed by atoms with van der Waals surface area (Å²) in [4.78, 5) is 14.6. The molecular weight excluding hydrogens is 300 g/mol. The first-order chi connectivity index (χ1) is 11.8. The number of likely N-dealkylation sites (tertiary alicyclic amines) is 1. The van der Waals surface area contributed by atoms with Crippen molar-refractivity contribution in [3.05, 3.63) is 65.7 Å². The molecule has 0 aromatic heterocycles. The fourth-order valence-corrected chi connectivity index (χ4v) is 3.56. The Kier molecular flexibility index (Phi) is 3.98. The standard InChI is InChI=1S/C20H22N2O2/c23-19(16-6-2-1-3-7-16)22-12-10-20(11-13-22)15-24-18-9-5-4-8-17(18)14-21-20/h1-9,21H,10-15H2. The van der Waals surface area contributed by atoms with Gasteiger partial charge in [0.2, 0.25) is 0 Å². The fourth-order valence-electron chi connectivity index (χ4n) is 3.56. The van der Waals surface area contributed by atoms with E-state index in [1.54, 1.807) is 0 Å². The first-order valence-corrected chi connectivity index (χ1v) is 8.56. The van der Waals surface area contributed by atoms with Crippen LogP contribution in [0.1, 0.15) is 28.8 Å². The maximum absolute atomic E-state index is 12.6. The van der Waals surface area contributed by atoms with Crippen LogP contribution in [0, 0.1) is 0 Å². The highest BCUT2D eigenvalue weighted by Gasteiger charge is 2.38. The molecule has 0 radical (unpaired) electrons. The lowest BCUT2D eigenvalue weighted by molar-refractivity contribution is 0.0575. The van der Waals surface area contributed by atoms with Crippen LogP contribution in [0.3, 0.4) is 0 Å². The molecule has 0 atom stereocenters. The molecule has 2 aliphatic rings. The number of ether oxygens (including phenoxy) is 1. The summed E-state index contributed by atoms with van der Waals surface area (Å²) in [5, 5.41) is 3.69. The van der Waals surface area contributed by atoms with Gasteiger partial charge in [0.05, 0.1) is 5.54 Å². The Bertz CT molecular complexity index is 692. The number of benzene rings is 2. The van der Waals surface area contributed by atoms with Crippen molar-refractivity contribution in [1.29, 1.82) is 0 Å². The number of fused-ring (bicyclic) bond motifs is 1. The van der Waals surface area contributed by atoms with Gasteiger partial charge in [0, 0.05) is 30.8 Å². The molecule has 0 aliphatic carbocycles. The molecule has 1 fully saturated rings. The molecule has 124 valence electrons. The zero-order valence-electron chi connectivity index (χ0n) is 13.7. The molecule has 1 N–H and O–H groups in total. The number of piperidine rings is 1. The summed E-state index contributed by atoms with van der Waals surface area (Å²) in [6.45, 7) is 3.01. The van der Waals surface area contributed by atoms with Crippen molar-refractivity contribution in [2.45, 2.75) is 24.9 Å². The molecule has 4 heteroatoms. The smallest absolute Gasteiger partial charge is 0.253 e. The summed E-state index contributed by atoms with van der Waals surface area (Å²) in [7, 11) is 0. The number of para-hydroxylation sites is 1. The van der Waals surface area contributed by atoms with Crippen molar-refractivity contribution < 1.29 is 9.53 Å². The molecule has 0 saturated carbocycles. The minimum absolute atomic E-state index is 0.0352. The molecule has 1 spiro atoms. The number of rotatable bonds is 1. The van der Waals surface area contributed by atoms with E-state index >= 15 is 0 Å². The first-order valence-electron chi connectivity index (χ1n) is 8.56. The Labute approximate surface area is 142 Å². The van der Waals surface area contributed by atoms with Crippen LogP contribution in [0.25, 0.3) is 0 Å². The predicted octanol–water partition coefficient (Wildman–Crippen LogP) is 2.84. The molecular formula is C20H22N2O2. The van der Waals surface area contributed by atoms with Crippen LogP contribution in [-0.2, 0) is 6.54 Å². The van der Waals surface area contributed by atoms with Gasteiger partial charge in [0.1, 0.15) is 12.4 Å². The van der Waals surface area contributed by atoms with Crippen LogP contribution in [-0.4, -0.2) is 36.0 Å². The van der Waals surface area contributed by atoms with Gasteiger partial charge in [-0.1, -0.05) is 36.4 Å². The average molecular weight is 322 g/mol. The van der Waals surface area contributed by atoms with Gasteiger partial charge in [0.15, 0.2) is 0 Å². The van der Waals surface area contributed by atoms with Gasteiger partial charge in [0.25, 0.3) is 5.91 Å². The third-order valence-electron chi connectivity index (χ3n) is 5.16. The van der Waals surface area contributed by atoms with E-state index in [9.17, 15) is 4.79 Å². The number of hydrogen-bond donors (Lipinski definition) is 1. The van der Waals surface area contributed by atoms with E-state index in [-0.39, 0.29) is 11.4 Å². The Morgan fingerprint density at radius 2 is 1.71 bits per heavy atom. The molecule has 1 saturated heterocycles. The highest BCUT2D eigenvalue weighted by Crippen LogP contribution is 2.30. The monoisotopic (exact) mass is 322 g/mol. The summed E-state index contributed by atoms with van der Waals surface area (Å²) in [5.41, 5.74) is 1.94. The maximum Gasteiger partial charge on any atom is 0.253 e. The van der Waals surface area contributed by atoms with Crippen LogP contribution >= 0.6 is 0 Å². The average Bonchev–Trinajstić information content (AvgIpc) is 2.83. The van der Waals surface area contributed by atoms with E-state index in [0.29, 0.717) is 6.61 Å². The van der Waals surface area contributed by atoms with E-state index < -0.39 is 0 Å². The van der Waals surface area contributed by atoms with Gasteiger partial charge < -0.3 is 15.0 Å². The van der Waals surface area contributed by atoms with Crippen LogP contribution in [0.5, 0.6) is 5.75 Å². The minimum atomic E-state index is -0.0352. The third kappa shape index (κ3) is 2.89. The van der Waals surface area contributed by atoms with Gasteiger partial charge in [-0.3, -0.25) is 4.79 Å². The SMILES string of the molecule is O=C(c1ccccc1)N1CCC2(CC1)COc1ccccc1CN2. The highest BCUT2D eigenvalue weighted by molar-refractivity contribution is 5.94. The molecule has 2 aliphatic heterocycles. The molecule has 0 unspecified atom stereocenters. The number of hydrogen-bond acceptors (Lipinski definition) is 3. The predicted molar refractivity (Wildman–Crippen MR) is 93.1 cm³/mol. The number of amides is 1. The highest BCUT2D eigenvalue weighted by atomic mass is 16.5. The lowest BCUT2D eigenvalue weighted by Crippen LogP contribution is -2.56. The molecule has 2 heterocycles. The maximum atomic E-state index is 12.6. The molecule has 4 nitrogen and oxygen atoms in total. The van der Waals surface area contributed by atoms with Crippen molar-refractivity contribution in [1.82, 2.24) is 10.2 Å². The molecule has 2 aromatic carbocycles. The summed E-state index contributed by atoms with van der Waals surface area (Å²) >= 11 is 0. The lowest BCUT2D eigenvalue weighted by atomic mass is 9.88. The third-order valence-corrected chi connectivity index (χ3v) is 5.16. The summed E-state index contributed by atoms with van der Waals surface area (Å²) in [6, 6.07) is 17.7. The van der Waals surface area contributed by atoms with Crippen molar-refractivity contribution in [2.75, 3.05) is 19.7 Å². The second-order valence-corrected chi connectivity index (χ2v) is 6.69. The van der Waals surface area contributed by atoms with Crippen LogP contribution in [0.15, 0.2) is 54.6 Å². The van der Waals surface area contributed by atoms with Crippen molar-refractivity contribution in [3.63, 3.8) is 0 Å². The number of nitrogens with zero attached hydrogens (tertiary/aromatic N) is 1. The largest absolute Gasteiger partial charge is 0.491 e. The zero-order chi connectivity index (χ0) is 16.4. The number of carbonyl (C=O) groups excluding carboxylic acids is 1. The first kappa shape index (κ1) is 15.2. The van der Waals surface area contributed by atoms with Crippen molar-refractivity contribution in [3.8, 4) is 5.75 Å². The summed E-state index contributed by atoms with van der Waals surface area (Å²) in [6.07, 6.45) is 1.83. The van der Waals surface area contributed by atoms with Gasteiger partial charge >= 0.3 is 0 Å². The quantitative estimate of drug-likeness (QED) is 0.878. The van der Waals surface area contributed by atoms with Gasteiger partial charge in [-0.2, -0.15) is 0 Å². The zero-order valence-corrected chi connectivity index (χ0v) is 13.7. The lowest BCUT2D eigenvalue weighted by Gasteiger charge is -2.41. The molecule has 0 bridgehead atoms. The molecule has 2 aromatic rings. The number of nitrogens with one attached hydrogen (secondary N) is 1. The van der Waals surface area contributed by atoms with E-state index in [4.69, 9.17) is 4.74 Å². The summed E-state index contributed by atoms with van der Waals surface area (Å²) in [5.74, 6) is 1.10. The fraction of sp³-hybridized carbons (Fsp3) is 0.350. The van der Waals surface area contributed by atoms with Gasteiger partial charge in [-0.15, -0.1) is 0 Å². The van der Waals surface area contributed by atoms with E-state index in [2.05, 4.69) is 11.4 Å². The van der Waals surface area contributed by atoms with Gasteiger partial charge in [-0.05, 0) is 31.0 Å². The second kappa shape index (κ2) is 6.29. The number of carbonyl (C=O) groups is 1. The van der Waals surface area contributed by atoms with Crippen LogP contribution in [0.2, 0.25) is 0 Å². The van der Waals surface area contributed by atoms with E-state index in [1.165, 1.54) is 5.56 Å². The Morgan fingerprint density at radius 3 is 2.50 bits per heavy atom. The van der Waals surface area contributed by atoms with E-state index in [0.717, 1.165) is 43.8 Å². The van der Waals surface area contributed by atoms with Crippen molar-refractivity contribution >= 4 is 5.91 Å². The van der Waals surface area contributed by atoms with Crippen LogP contribution in [0.4, 0.5) is 0 Å². The van der Waals surface area contributed by atoms with Crippen LogP contribution < -0.4 is 10.1 Å². The Balaban J connectivity index is 1.42. The normalized spacial score (nSPS) is 19.2. The van der Waals surface area contributed by atoms with Crippen molar-refractivity contribution in [2.24, 2.45) is 0 Å². The second-order valence-electron chi connectivity index (χ2n) is 6.69. The molecule has 24 heavy (non-hydrogen) atoms. The topological polar surface area (TPSA) is 41.6 Å². The minimum Gasteiger partial charge on any atom is -0.491 e.